The number of benzene rings is 1. The lowest BCUT2D eigenvalue weighted by atomic mass is 10.4. The lowest BCUT2D eigenvalue weighted by Crippen LogP contribution is -2.20. The molecule has 0 amide bonds. The van der Waals surface area contributed by atoms with Crippen LogP contribution in [0.25, 0.3) is 0 Å². The zero-order valence-electron chi connectivity index (χ0n) is 11.7. The van der Waals surface area contributed by atoms with Gasteiger partial charge in [0.25, 0.3) is 10.0 Å². The van der Waals surface area contributed by atoms with Crippen molar-refractivity contribution in [2.24, 2.45) is 0 Å². The van der Waals surface area contributed by atoms with E-state index in [9.17, 15) is 12.8 Å². The second-order valence-corrected chi connectivity index (χ2v) is 6.71. The van der Waals surface area contributed by atoms with E-state index in [0.717, 1.165) is 38.1 Å². The SMILES string of the molecule is O=S(=O)(Nc1cnc(N2CCCC2)nc1)c1ccc(F)cc1. The van der Waals surface area contributed by atoms with Gasteiger partial charge in [-0.2, -0.15) is 0 Å². The number of aromatic nitrogens is 2. The van der Waals surface area contributed by atoms with Crippen molar-refractivity contribution in [2.75, 3.05) is 22.7 Å². The van der Waals surface area contributed by atoms with Gasteiger partial charge in [-0.15, -0.1) is 0 Å². The molecule has 1 N–H and O–H groups in total. The van der Waals surface area contributed by atoms with Gasteiger partial charge in [0, 0.05) is 13.1 Å². The van der Waals surface area contributed by atoms with Crippen molar-refractivity contribution in [3.8, 4) is 0 Å². The minimum atomic E-state index is -3.77. The lowest BCUT2D eigenvalue weighted by molar-refractivity contribution is 0.599. The Hall–Kier alpha value is -2.22. The molecule has 0 aliphatic carbocycles. The van der Waals surface area contributed by atoms with Crippen LogP contribution < -0.4 is 9.62 Å². The van der Waals surface area contributed by atoms with Crippen molar-refractivity contribution in [3.05, 3.63) is 42.5 Å². The summed E-state index contributed by atoms with van der Waals surface area (Å²) in [4.78, 5) is 10.4. The highest BCUT2D eigenvalue weighted by molar-refractivity contribution is 7.92. The predicted octanol–water partition coefficient (Wildman–Crippen LogP) is 2.02. The number of hydrogen-bond donors (Lipinski definition) is 1. The van der Waals surface area contributed by atoms with Gasteiger partial charge in [0.05, 0.1) is 23.0 Å². The first-order valence-electron chi connectivity index (χ1n) is 6.90. The molecule has 1 saturated heterocycles. The predicted molar refractivity (Wildman–Crippen MR) is 80.7 cm³/mol. The molecule has 0 spiro atoms. The molecule has 0 bridgehead atoms. The third kappa shape index (κ3) is 3.16. The van der Waals surface area contributed by atoms with Crippen LogP contribution in [0.4, 0.5) is 16.0 Å². The van der Waals surface area contributed by atoms with E-state index in [1.54, 1.807) is 0 Å². The average Bonchev–Trinajstić information content (AvgIpc) is 3.02. The Labute approximate surface area is 128 Å². The molecule has 0 saturated carbocycles. The average molecular weight is 322 g/mol. The second kappa shape index (κ2) is 5.88. The standard InChI is InChI=1S/C14H15FN4O2S/c15-11-3-5-13(6-4-11)22(20,21)18-12-9-16-14(17-10-12)19-7-1-2-8-19/h3-6,9-10,18H,1-2,7-8H2. The second-order valence-electron chi connectivity index (χ2n) is 5.03. The quantitative estimate of drug-likeness (QED) is 0.932. The van der Waals surface area contributed by atoms with Crippen molar-refractivity contribution in [1.29, 1.82) is 0 Å². The van der Waals surface area contributed by atoms with Crippen molar-refractivity contribution < 1.29 is 12.8 Å². The highest BCUT2D eigenvalue weighted by Gasteiger charge is 2.17. The topological polar surface area (TPSA) is 75.2 Å². The molecular formula is C14H15FN4O2S. The number of rotatable bonds is 4. The molecule has 1 aromatic heterocycles. The van der Waals surface area contributed by atoms with E-state index in [1.165, 1.54) is 24.5 Å². The van der Waals surface area contributed by atoms with E-state index in [-0.39, 0.29) is 10.6 Å². The summed E-state index contributed by atoms with van der Waals surface area (Å²) in [5.74, 6) is 0.111. The summed E-state index contributed by atoms with van der Waals surface area (Å²) in [6, 6.07) is 4.61. The molecule has 2 heterocycles. The lowest BCUT2D eigenvalue weighted by Gasteiger charge is -2.15. The first-order valence-corrected chi connectivity index (χ1v) is 8.38. The molecule has 3 rings (SSSR count). The largest absolute Gasteiger partial charge is 0.341 e. The molecule has 2 aromatic rings. The van der Waals surface area contributed by atoms with E-state index in [2.05, 4.69) is 19.6 Å². The molecular weight excluding hydrogens is 307 g/mol. The number of anilines is 2. The van der Waals surface area contributed by atoms with Crippen molar-refractivity contribution in [2.45, 2.75) is 17.7 Å². The maximum Gasteiger partial charge on any atom is 0.261 e. The van der Waals surface area contributed by atoms with Gasteiger partial charge >= 0.3 is 0 Å². The van der Waals surface area contributed by atoms with Crippen LogP contribution in [-0.2, 0) is 10.0 Å². The fourth-order valence-electron chi connectivity index (χ4n) is 2.28. The maximum absolute atomic E-state index is 12.9. The number of halogens is 1. The van der Waals surface area contributed by atoms with Gasteiger partial charge < -0.3 is 4.90 Å². The summed E-state index contributed by atoms with van der Waals surface area (Å²) in [6.45, 7) is 1.83. The van der Waals surface area contributed by atoms with Gasteiger partial charge in [0.1, 0.15) is 5.82 Å². The molecule has 1 fully saturated rings. The summed E-state index contributed by atoms with van der Waals surface area (Å²) in [5.41, 5.74) is 0.271. The van der Waals surface area contributed by atoms with Gasteiger partial charge in [-0.3, -0.25) is 4.72 Å². The molecule has 22 heavy (non-hydrogen) atoms. The first-order chi connectivity index (χ1) is 10.5. The number of nitrogens with one attached hydrogen (secondary N) is 1. The molecule has 1 aliphatic rings. The van der Waals surface area contributed by atoms with Crippen LogP contribution in [-0.4, -0.2) is 31.5 Å². The summed E-state index contributed by atoms with van der Waals surface area (Å²) >= 11 is 0. The van der Waals surface area contributed by atoms with Crippen LogP contribution in [0.2, 0.25) is 0 Å². The van der Waals surface area contributed by atoms with E-state index in [1.807, 2.05) is 0 Å². The van der Waals surface area contributed by atoms with E-state index in [0.29, 0.717) is 5.95 Å². The van der Waals surface area contributed by atoms with Crippen molar-refractivity contribution in [3.63, 3.8) is 0 Å². The summed E-state index contributed by atoms with van der Waals surface area (Å²) < 4.78 is 39.5. The fraction of sp³-hybridized carbons (Fsp3) is 0.286. The van der Waals surface area contributed by atoms with Crippen molar-refractivity contribution >= 4 is 21.7 Å². The monoisotopic (exact) mass is 322 g/mol. The van der Waals surface area contributed by atoms with Crippen LogP contribution in [0.5, 0.6) is 0 Å². The molecule has 1 aliphatic heterocycles. The number of sulfonamides is 1. The molecule has 116 valence electrons. The van der Waals surface area contributed by atoms with Crippen LogP contribution in [0.1, 0.15) is 12.8 Å². The third-order valence-corrected chi connectivity index (χ3v) is 4.80. The Bertz CT molecular complexity index is 741. The van der Waals surface area contributed by atoms with Gasteiger partial charge in [0.15, 0.2) is 0 Å². The third-order valence-electron chi connectivity index (χ3n) is 3.40. The normalized spacial score (nSPS) is 15.0. The minimum absolute atomic E-state index is 0.0162. The Balaban J connectivity index is 1.75. The summed E-state index contributed by atoms with van der Waals surface area (Å²) in [7, 11) is -3.77. The Morgan fingerprint density at radius 1 is 1.05 bits per heavy atom. The smallest absolute Gasteiger partial charge is 0.261 e. The fourth-order valence-corrected chi connectivity index (χ4v) is 3.31. The number of hydrogen-bond acceptors (Lipinski definition) is 5. The Morgan fingerprint density at radius 3 is 2.23 bits per heavy atom. The number of nitrogens with zero attached hydrogens (tertiary/aromatic N) is 3. The highest BCUT2D eigenvalue weighted by atomic mass is 32.2. The molecule has 8 heteroatoms. The van der Waals surface area contributed by atoms with E-state index in [4.69, 9.17) is 0 Å². The van der Waals surface area contributed by atoms with Crippen molar-refractivity contribution in [1.82, 2.24) is 9.97 Å². The first kappa shape index (κ1) is 14.7. The molecule has 0 radical (unpaired) electrons. The zero-order chi connectivity index (χ0) is 15.6. The van der Waals surface area contributed by atoms with Crippen LogP contribution in [0, 0.1) is 5.82 Å². The van der Waals surface area contributed by atoms with Gasteiger partial charge in [-0.25, -0.2) is 22.8 Å². The van der Waals surface area contributed by atoms with Crippen LogP contribution in [0.15, 0.2) is 41.6 Å². The zero-order valence-corrected chi connectivity index (χ0v) is 12.6. The molecule has 6 nitrogen and oxygen atoms in total. The minimum Gasteiger partial charge on any atom is -0.341 e. The van der Waals surface area contributed by atoms with Crippen LogP contribution in [0.3, 0.4) is 0 Å². The van der Waals surface area contributed by atoms with Crippen LogP contribution >= 0.6 is 0 Å². The maximum atomic E-state index is 12.9. The van der Waals surface area contributed by atoms with E-state index >= 15 is 0 Å². The molecule has 0 atom stereocenters. The van der Waals surface area contributed by atoms with Gasteiger partial charge in [0.2, 0.25) is 5.95 Å². The highest BCUT2D eigenvalue weighted by Crippen LogP contribution is 2.18. The van der Waals surface area contributed by atoms with E-state index < -0.39 is 15.8 Å². The Kier molecular flexibility index (Phi) is 3.93. The van der Waals surface area contributed by atoms with Gasteiger partial charge in [-0.05, 0) is 37.1 Å². The van der Waals surface area contributed by atoms with Gasteiger partial charge in [-0.1, -0.05) is 0 Å². The Morgan fingerprint density at radius 2 is 1.64 bits per heavy atom. The molecule has 1 aromatic carbocycles. The molecule has 0 unspecified atom stereocenters. The summed E-state index contributed by atoms with van der Waals surface area (Å²) in [5, 5.41) is 0. The summed E-state index contributed by atoms with van der Waals surface area (Å²) in [6.07, 6.45) is 5.09.